The lowest BCUT2D eigenvalue weighted by Crippen LogP contribution is -2.39. The van der Waals surface area contributed by atoms with E-state index in [-0.39, 0.29) is 0 Å². The molecular weight excluding hydrogens is 288 g/mol. The van der Waals surface area contributed by atoms with Crippen LogP contribution in [0, 0.1) is 5.92 Å². The first-order valence-electron chi connectivity index (χ1n) is 8.50. The molecule has 0 spiro atoms. The molecule has 5 heteroatoms. The van der Waals surface area contributed by atoms with Crippen molar-refractivity contribution >= 4 is 5.96 Å². The molecule has 2 unspecified atom stereocenters. The summed E-state index contributed by atoms with van der Waals surface area (Å²) in [4.78, 5) is 6.82. The summed E-state index contributed by atoms with van der Waals surface area (Å²) in [6.45, 7) is 7.43. The highest BCUT2D eigenvalue weighted by Crippen LogP contribution is 2.28. The van der Waals surface area contributed by atoms with Crippen LogP contribution in [0.5, 0.6) is 5.75 Å². The molecule has 1 fully saturated rings. The van der Waals surface area contributed by atoms with Crippen LogP contribution in [0.4, 0.5) is 0 Å². The molecule has 1 saturated carbocycles. The topological polar surface area (TPSA) is 48.9 Å². The van der Waals surface area contributed by atoms with Crippen LogP contribution < -0.4 is 15.4 Å². The van der Waals surface area contributed by atoms with Crippen molar-refractivity contribution in [1.29, 1.82) is 0 Å². The molecule has 1 aliphatic carbocycles. The van der Waals surface area contributed by atoms with Crippen LogP contribution in [0.2, 0.25) is 0 Å². The lowest BCUT2D eigenvalue weighted by atomic mass is 10.2. The van der Waals surface area contributed by atoms with E-state index in [1.165, 1.54) is 6.42 Å². The van der Waals surface area contributed by atoms with Crippen molar-refractivity contribution in [2.45, 2.75) is 32.9 Å². The molecule has 1 aliphatic rings. The van der Waals surface area contributed by atoms with Gasteiger partial charge in [-0.25, -0.2) is 4.99 Å². The lowest BCUT2D eigenvalue weighted by Gasteiger charge is -2.14. The van der Waals surface area contributed by atoms with Gasteiger partial charge >= 0.3 is 0 Å². The van der Waals surface area contributed by atoms with Gasteiger partial charge in [-0.05, 0) is 39.4 Å². The van der Waals surface area contributed by atoms with Gasteiger partial charge in [0.2, 0.25) is 0 Å². The number of ether oxygens (including phenoxy) is 1. The molecule has 5 nitrogen and oxygen atoms in total. The Morgan fingerprint density at radius 3 is 2.74 bits per heavy atom. The van der Waals surface area contributed by atoms with Crippen molar-refractivity contribution in [3.05, 3.63) is 29.8 Å². The Balaban J connectivity index is 1.95. The Bertz CT molecular complexity index is 515. The number of aliphatic imine (C=N–C) groups is 1. The second kappa shape index (κ2) is 8.77. The quantitative estimate of drug-likeness (QED) is 0.569. The van der Waals surface area contributed by atoms with Gasteiger partial charge in [-0.1, -0.05) is 25.1 Å². The Kier molecular flexibility index (Phi) is 6.71. The minimum atomic E-state index is 0.569. The number of nitrogens with zero attached hydrogens (tertiary/aromatic N) is 2. The minimum Gasteiger partial charge on any atom is -0.492 e. The molecular formula is C18H30N4O. The van der Waals surface area contributed by atoms with Gasteiger partial charge in [0.15, 0.2) is 5.96 Å². The van der Waals surface area contributed by atoms with Crippen LogP contribution in [0.25, 0.3) is 0 Å². The molecule has 0 heterocycles. The molecule has 0 saturated heterocycles. The van der Waals surface area contributed by atoms with E-state index in [0.29, 0.717) is 19.2 Å². The zero-order chi connectivity index (χ0) is 16.7. The number of guanidine groups is 1. The Labute approximate surface area is 140 Å². The van der Waals surface area contributed by atoms with E-state index in [2.05, 4.69) is 35.4 Å². The first-order chi connectivity index (χ1) is 11.1. The molecule has 23 heavy (non-hydrogen) atoms. The summed E-state index contributed by atoms with van der Waals surface area (Å²) in [5, 5.41) is 6.79. The summed E-state index contributed by atoms with van der Waals surface area (Å²) >= 11 is 0. The van der Waals surface area contributed by atoms with Crippen LogP contribution >= 0.6 is 0 Å². The van der Waals surface area contributed by atoms with Gasteiger partial charge in [0, 0.05) is 24.7 Å². The van der Waals surface area contributed by atoms with Crippen molar-refractivity contribution in [1.82, 2.24) is 15.5 Å². The highest BCUT2D eigenvalue weighted by atomic mass is 16.5. The fraction of sp³-hybridized carbons (Fsp3) is 0.611. The van der Waals surface area contributed by atoms with E-state index in [0.717, 1.165) is 36.3 Å². The van der Waals surface area contributed by atoms with E-state index in [4.69, 9.17) is 9.73 Å². The van der Waals surface area contributed by atoms with Crippen LogP contribution in [0.3, 0.4) is 0 Å². The van der Waals surface area contributed by atoms with Gasteiger partial charge < -0.3 is 20.3 Å². The maximum atomic E-state index is 5.90. The molecule has 2 atom stereocenters. The summed E-state index contributed by atoms with van der Waals surface area (Å²) in [6.07, 6.45) is 1.23. The Morgan fingerprint density at radius 2 is 2.09 bits per heavy atom. The van der Waals surface area contributed by atoms with Gasteiger partial charge in [0.05, 0.1) is 6.54 Å². The van der Waals surface area contributed by atoms with E-state index in [1.807, 2.05) is 32.3 Å². The van der Waals surface area contributed by atoms with Crippen molar-refractivity contribution in [2.24, 2.45) is 10.9 Å². The Morgan fingerprint density at radius 1 is 1.35 bits per heavy atom. The summed E-state index contributed by atoms with van der Waals surface area (Å²) in [5.41, 5.74) is 1.12. The summed E-state index contributed by atoms with van der Waals surface area (Å²) in [6, 6.07) is 8.71. The predicted octanol–water partition coefficient (Wildman–Crippen LogP) is 2.09. The van der Waals surface area contributed by atoms with Crippen molar-refractivity contribution in [3.63, 3.8) is 0 Å². The molecule has 1 aromatic rings. The molecule has 128 valence electrons. The maximum Gasteiger partial charge on any atom is 0.191 e. The van der Waals surface area contributed by atoms with Gasteiger partial charge in [-0.2, -0.15) is 0 Å². The zero-order valence-corrected chi connectivity index (χ0v) is 14.8. The number of rotatable bonds is 8. The average molecular weight is 318 g/mol. The number of para-hydroxylation sites is 1. The molecule has 0 aromatic heterocycles. The van der Waals surface area contributed by atoms with Crippen LogP contribution in [-0.4, -0.2) is 50.7 Å². The van der Waals surface area contributed by atoms with Gasteiger partial charge in [-0.3, -0.25) is 0 Å². The number of likely N-dealkylation sites (N-methyl/N-ethyl adjacent to an activating group) is 1. The summed E-state index contributed by atoms with van der Waals surface area (Å²) in [5.74, 6) is 2.57. The third kappa shape index (κ3) is 6.10. The normalized spacial score (nSPS) is 20.5. The van der Waals surface area contributed by atoms with E-state index >= 15 is 0 Å². The second-order valence-corrected chi connectivity index (χ2v) is 6.42. The van der Waals surface area contributed by atoms with Gasteiger partial charge in [0.25, 0.3) is 0 Å². The fourth-order valence-corrected chi connectivity index (χ4v) is 2.30. The third-order valence-electron chi connectivity index (χ3n) is 3.95. The maximum absolute atomic E-state index is 5.90. The monoisotopic (exact) mass is 318 g/mol. The van der Waals surface area contributed by atoms with Crippen molar-refractivity contribution in [3.8, 4) is 5.75 Å². The van der Waals surface area contributed by atoms with Gasteiger partial charge in [0.1, 0.15) is 12.4 Å². The van der Waals surface area contributed by atoms with Crippen LogP contribution in [0.1, 0.15) is 25.8 Å². The largest absolute Gasteiger partial charge is 0.492 e. The van der Waals surface area contributed by atoms with Crippen molar-refractivity contribution < 1.29 is 4.74 Å². The van der Waals surface area contributed by atoms with Gasteiger partial charge in [-0.15, -0.1) is 0 Å². The minimum absolute atomic E-state index is 0.569. The number of benzene rings is 1. The summed E-state index contributed by atoms with van der Waals surface area (Å²) in [7, 11) is 4.10. The van der Waals surface area contributed by atoms with E-state index in [9.17, 15) is 0 Å². The molecule has 0 aliphatic heterocycles. The van der Waals surface area contributed by atoms with Crippen LogP contribution in [-0.2, 0) is 6.54 Å². The number of hydrogen-bond donors (Lipinski definition) is 2. The molecule has 2 rings (SSSR count). The molecule has 2 N–H and O–H groups in total. The SMILES string of the molecule is CCNC(=NCc1ccccc1OCCN(C)C)NC1CC1C. The lowest BCUT2D eigenvalue weighted by molar-refractivity contribution is 0.259. The fourth-order valence-electron chi connectivity index (χ4n) is 2.30. The number of nitrogens with one attached hydrogen (secondary N) is 2. The van der Waals surface area contributed by atoms with E-state index in [1.54, 1.807) is 0 Å². The first-order valence-corrected chi connectivity index (χ1v) is 8.50. The molecule has 1 aromatic carbocycles. The Hall–Kier alpha value is -1.75. The van der Waals surface area contributed by atoms with Crippen LogP contribution in [0.15, 0.2) is 29.3 Å². The molecule has 0 bridgehead atoms. The highest BCUT2D eigenvalue weighted by Gasteiger charge is 2.33. The smallest absolute Gasteiger partial charge is 0.191 e. The standard InChI is InChI=1S/C18H30N4O/c1-5-19-18(21-16-12-14(16)2)20-13-15-8-6-7-9-17(15)23-11-10-22(3)4/h6-9,14,16H,5,10-13H2,1-4H3,(H2,19,20,21). The third-order valence-corrected chi connectivity index (χ3v) is 3.95. The number of hydrogen-bond acceptors (Lipinski definition) is 3. The average Bonchev–Trinajstić information content (AvgIpc) is 3.21. The highest BCUT2D eigenvalue weighted by molar-refractivity contribution is 5.80. The summed E-state index contributed by atoms with van der Waals surface area (Å²) < 4.78 is 5.90. The molecule has 0 amide bonds. The second-order valence-electron chi connectivity index (χ2n) is 6.42. The predicted molar refractivity (Wildman–Crippen MR) is 96.0 cm³/mol. The zero-order valence-electron chi connectivity index (χ0n) is 14.8. The molecule has 0 radical (unpaired) electrons. The van der Waals surface area contributed by atoms with Crippen molar-refractivity contribution in [2.75, 3.05) is 33.8 Å². The van der Waals surface area contributed by atoms with E-state index < -0.39 is 0 Å². The first kappa shape index (κ1) is 17.6.